The summed E-state index contributed by atoms with van der Waals surface area (Å²) in [4.78, 5) is 4.87. The topological polar surface area (TPSA) is 42.8 Å². The molecule has 1 fully saturated rings. The highest BCUT2D eigenvalue weighted by atomic mass is 32.2. The quantitative estimate of drug-likeness (QED) is 0.298. The Morgan fingerprint density at radius 2 is 2.25 bits per heavy atom. The molecule has 0 bridgehead atoms. The molecule has 106 valence electrons. The number of nitrogens with zero attached hydrogens (tertiary/aromatic N) is 2. The van der Waals surface area contributed by atoms with Crippen LogP contribution in [0.4, 0.5) is 5.82 Å². The summed E-state index contributed by atoms with van der Waals surface area (Å²) in [5.74, 6) is 2.35. The molecule has 3 nitrogen and oxygen atoms in total. The van der Waals surface area contributed by atoms with E-state index in [1.807, 2.05) is 23.9 Å². The van der Waals surface area contributed by atoms with Crippen molar-refractivity contribution in [2.24, 2.45) is 0 Å². The number of hydrogen-bond acceptors (Lipinski definition) is 4. The van der Waals surface area contributed by atoms with E-state index in [0.29, 0.717) is 17.7 Å². The van der Waals surface area contributed by atoms with Gasteiger partial charge >= 0.3 is 0 Å². The fourth-order valence-corrected chi connectivity index (χ4v) is 5.43. The Hall–Kier alpha value is -0.940. The zero-order valence-electron chi connectivity index (χ0n) is 11.5. The van der Waals surface area contributed by atoms with Gasteiger partial charge in [0.2, 0.25) is 5.82 Å². The fraction of sp³-hybridized carbons (Fsp3) is 0.467. The van der Waals surface area contributed by atoms with Crippen molar-refractivity contribution in [3.8, 4) is 0 Å². The maximum Gasteiger partial charge on any atom is 0.300 e. The molecule has 0 amide bonds. The molecule has 2 heterocycles. The molecule has 2 aliphatic rings. The summed E-state index contributed by atoms with van der Waals surface area (Å²) in [6.07, 6.45) is 7.65. The number of rotatable bonds is 5. The first-order valence-corrected chi connectivity index (χ1v) is 8.87. The molecule has 20 heavy (non-hydrogen) atoms. The normalized spacial score (nSPS) is 23.4. The predicted octanol–water partition coefficient (Wildman–Crippen LogP) is 3.16. The van der Waals surface area contributed by atoms with Crippen LogP contribution in [0, 0.1) is 0 Å². The first kappa shape index (κ1) is 14.0. The van der Waals surface area contributed by atoms with Crippen LogP contribution in [-0.2, 0) is 6.54 Å². The summed E-state index contributed by atoms with van der Waals surface area (Å²) < 4.78 is 2.10. The molecule has 5 heteroatoms. The number of hydrogen-bond donors (Lipinski definition) is 1. The second kappa shape index (κ2) is 5.82. The minimum absolute atomic E-state index is 0.608. The van der Waals surface area contributed by atoms with Gasteiger partial charge in [-0.15, -0.1) is 6.58 Å². The third kappa shape index (κ3) is 2.27. The number of anilines is 1. The highest BCUT2D eigenvalue weighted by molar-refractivity contribution is 8.00. The maximum atomic E-state index is 6.47. The summed E-state index contributed by atoms with van der Waals surface area (Å²) >= 11 is 3.61. The number of nitrogen functional groups attached to an aromatic ring is 1. The highest BCUT2D eigenvalue weighted by Crippen LogP contribution is 2.54. The van der Waals surface area contributed by atoms with Crippen LogP contribution in [0.15, 0.2) is 35.5 Å². The van der Waals surface area contributed by atoms with E-state index in [1.165, 1.54) is 24.8 Å². The van der Waals surface area contributed by atoms with E-state index in [0.717, 1.165) is 21.8 Å². The minimum atomic E-state index is 0.608. The van der Waals surface area contributed by atoms with Crippen molar-refractivity contribution < 1.29 is 4.57 Å². The minimum Gasteiger partial charge on any atom is -0.318 e. The van der Waals surface area contributed by atoms with Crippen LogP contribution < -0.4 is 10.3 Å². The molecular formula is C15H20N3S2+. The average Bonchev–Trinajstić information content (AvgIpc) is 3.00. The van der Waals surface area contributed by atoms with Crippen molar-refractivity contribution in [2.45, 2.75) is 47.2 Å². The number of allylic oxidation sites excluding steroid dienone is 1. The molecule has 0 aromatic carbocycles. The molecule has 1 aromatic rings. The molecule has 2 N–H and O–H groups in total. The molecule has 1 aliphatic heterocycles. The number of fused-ring (bicyclic) bond motifs is 3. The number of aromatic nitrogens is 2. The van der Waals surface area contributed by atoms with Gasteiger partial charge in [-0.25, -0.2) is 4.57 Å². The molecule has 0 spiro atoms. The Morgan fingerprint density at radius 1 is 1.40 bits per heavy atom. The predicted molar refractivity (Wildman–Crippen MR) is 86.2 cm³/mol. The largest absolute Gasteiger partial charge is 0.318 e. The second-order valence-corrected chi connectivity index (χ2v) is 7.41. The van der Waals surface area contributed by atoms with E-state index in [-0.39, 0.29) is 0 Å². The lowest BCUT2D eigenvalue weighted by Crippen LogP contribution is -2.41. The first-order chi connectivity index (χ1) is 9.76. The summed E-state index contributed by atoms with van der Waals surface area (Å²) in [5.41, 5.74) is 7.77. The highest BCUT2D eigenvalue weighted by Gasteiger charge is 2.43. The van der Waals surface area contributed by atoms with E-state index in [1.54, 1.807) is 11.8 Å². The third-order valence-electron chi connectivity index (χ3n) is 3.95. The number of thioether (sulfide) groups is 2. The van der Waals surface area contributed by atoms with Crippen LogP contribution >= 0.6 is 23.5 Å². The monoisotopic (exact) mass is 306 g/mol. The van der Waals surface area contributed by atoms with E-state index in [9.17, 15) is 0 Å². The van der Waals surface area contributed by atoms with Gasteiger partial charge in [0.15, 0.2) is 5.03 Å². The SMILES string of the molecule is C=CCSc1nc2c(c(N)[n+]1CC=C)[C@H]1CCC[C@@H]1S2. The molecule has 0 saturated heterocycles. The second-order valence-electron chi connectivity index (χ2n) is 5.19. The lowest BCUT2D eigenvalue weighted by Gasteiger charge is -2.12. The standard InChI is InChI=1S/C15H19N3S2/c1-3-8-18-13(16)12-10-6-5-7-11(10)20-14(12)17-15(18)19-9-4-2/h3-4,10-11,16H,1-2,5-9H2/p+1/t10-,11-/m0/s1. The maximum absolute atomic E-state index is 6.47. The molecule has 1 aliphatic carbocycles. The Morgan fingerprint density at radius 3 is 3.00 bits per heavy atom. The molecule has 1 saturated carbocycles. The molecule has 2 atom stereocenters. The van der Waals surface area contributed by atoms with Gasteiger partial charge in [0.25, 0.3) is 5.16 Å². The van der Waals surface area contributed by atoms with E-state index < -0.39 is 0 Å². The van der Waals surface area contributed by atoms with Gasteiger partial charge in [0.05, 0.1) is 12.1 Å². The van der Waals surface area contributed by atoms with E-state index >= 15 is 0 Å². The van der Waals surface area contributed by atoms with Gasteiger partial charge < -0.3 is 5.73 Å². The van der Waals surface area contributed by atoms with Crippen molar-refractivity contribution in [1.82, 2.24) is 4.98 Å². The van der Waals surface area contributed by atoms with Crippen LogP contribution in [0.5, 0.6) is 0 Å². The lowest BCUT2D eigenvalue weighted by molar-refractivity contribution is -0.714. The summed E-state index contributed by atoms with van der Waals surface area (Å²) in [5, 5.41) is 2.83. The Kier molecular flexibility index (Phi) is 4.08. The van der Waals surface area contributed by atoms with Gasteiger partial charge in [0.1, 0.15) is 0 Å². The van der Waals surface area contributed by atoms with Crippen molar-refractivity contribution in [3.63, 3.8) is 0 Å². The molecule has 3 rings (SSSR count). The van der Waals surface area contributed by atoms with Gasteiger partial charge in [0, 0.05) is 16.9 Å². The van der Waals surface area contributed by atoms with Crippen LogP contribution in [0.1, 0.15) is 30.7 Å². The lowest BCUT2D eigenvalue weighted by atomic mass is 10.00. The zero-order chi connectivity index (χ0) is 14.1. The molecule has 0 radical (unpaired) electrons. The zero-order valence-corrected chi connectivity index (χ0v) is 13.2. The fourth-order valence-electron chi connectivity index (χ4n) is 3.09. The third-order valence-corrected chi connectivity index (χ3v) is 6.33. The summed E-state index contributed by atoms with van der Waals surface area (Å²) in [7, 11) is 0. The van der Waals surface area contributed by atoms with Crippen LogP contribution in [-0.4, -0.2) is 16.0 Å². The summed E-state index contributed by atoms with van der Waals surface area (Å²) in [6, 6.07) is 0. The van der Waals surface area contributed by atoms with Crippen molar-refractivity contribution in [1.29, 1.82) is 0 Å². The number of nitrogens with two attached hydrogens (primary N) is 1. The summed E-state index contributed by atoms with van der Waals surface area (Å²) in [6.45, 7) is 8.33. The average molecular weight is 306 g/mol. The molecule has 0 unspecified atom stereocenters. The molecular weight excluding hydrogens is 286 g/mol. The van der Waals surface area contributed by atoms with Gasteiger partial charge in [-0.2, -0.15) is 0 Å². The van der Waals surface area contributed by atoms with Crippen LogP contribution in [0.25, 0.3) is 0 Å². The van der Waals surface area contributed by atoms with Crippen LogP contribution in [0.3, 0.4) is 0 Å². The van der Waals surface area contributed by atoms with Crippen molar-refractivity contribution >= 4 is 29.3 Å². The van der Waals surface area contributed by atoms with Crippen LogP contribution in [0.2, 0.25) is 0 Å². The van der Waals surface area contributed by atoms with Crippen molar-refractivity contribution in [2.75, 3.05) is 11.5 Å². The first-order valence-electron chi connectivity index (χ1n) is 7.00. The smallest absolute Gasteiger partial charge is 0.300 e. The Balaban J connectivity index is 2.05. The van der Waals surface area contributed by atoms with Gasteiger partial charge in [-0.05, 0) is 24.6 Å². The van der Waals surface area contributed by atoms with E-state index in [4.69, 9.17) is 10.7 Å². The van der Waals surface area contributed by atoms with E-state index in [2.05, 4.69) is 17.7 Å². The Bertz CT molecular complexity index is 557. The molecule has 1 aromatic heterocycles. The van der Waals surface area contributed by atoms with Gasteiger partial charge in [-0.1, -0.05) is 41.9 Å². The van der Waals surface area contributed by atoms with Gasteiger partial charge in [-0.3, -0.25) is 0 Å². The van der Waals surface area contributed by atoms with Crippen molar-refractivity contribution in [3.05, 3.63) is 30.9 Å². The Labute approximate surface area is 128 Å².